The standard InChI is InChI=1S/C16H11N3O4/c1-10-7-12(4-5-14(10)19(21)22)15-18-13(16(20)23-15)8-11-3-2-6-17-9-11/h2-9H,1H3/b13-8-. The number of aliphatic imine (C=N–C) groups is 1. The van der Waals surface area contributed by atoms with Gasteiger partial charge in [-0.25, -0.2) is 9.79 Å². The number of benzene rings is 1. The topological polar surface area (TPSA) is 94.7 Å². The van der Waals surface area contributed by atoms with Gasteiger partial charge in [0.05, 0.1) is 4.92 Å². The second-order valence-electron chi connectivity index (χ2n) is 4.88. The Bertz CT molecular complexity index is 857. The van der Waals surface area contributed by atoms with Gasteiger partial charge in [-0.1, -0.05) is 6.07 Å². The number of cyclic esters (lactones) is 1. The summed E-state index contributed by atoms with van der Waals surface area (Å²) in [5.74, 6) is -0.442. The molecule has 0 saturated carbocycles. The predicted molar refractivity (Wildman–Crippen MR) is 82.7 cm³/mol. The number of carbonyl (C=O) groups excluding carboxylic acids is 1. The predicted octanol–water partition coefficient (Wildman–Crippen LogP) is 2.64. The molecule has 0 unspecified atom stereocenters. The third-order valence-electron chi connectivity index (χ3n) is 3.25. The smallest absolute Gasteiger partial charge is 0.363 e. The summed E-state index contributed by atoms with van der Waals surface area (Å²) in [6, 6.07) is 7.97. The number of aryl methyl sites for hydroxylation is 1. The van der Waals surface area contributed by atoms with Crippen molar-refractivity contribution < 1.29 is 14.5 Å². The minimum Gasteiger partial charge on any atom is -0.402 e. The number of nitro groups is 1. The van der Waals surface area contributed by atoms with Gasteiger partial charge in [0.15, 0.2) is 5.70 Å². The highest BCUT2D eigenvalue weighted by molar-refractivity contribution is 6.12. The van der Waals surface area contributed by atoms with Gasteiger partial charge in [-0.15, -0.1) is 0 Å². The summed E-state index contributed by atoms with van der Waals surface area (Å²) in [4.78, 5) is 30.4. The SMILES string of the molecule is Cc1cc(C2=N/C(=C\c3cccnc3)C(=O)O2)ccc1[N+](=O)[O-]. The molecule has 0 N–H and O–H groups in total. The highest BCUT2D eigenvalue weighted by Crippen LogP contribution is 2.23. The lowest BCUT2D eigenvalue weighted by Crippen LogP contribution is -2.06. The molecule has 1 aromatic carbocycles. The van der Waals surface area contributed by atoms with Crippen molar-refractivity contribution in [2.45, 2.75) is 6.92 Å². The maximum absolute atomic E-state index is 11.9. The van der Waals surface area contributed by atoms with E-state index in [9.17, 15) is 14.9 Å². The number of pyridine rings is 1. The number of ether oxygens (including phenoxy) is 1. The quantitative estimate of drug-likeness (QED) is 0.376. The first-order valence-corrected chi connectivity index (χ1v) is 6.72. The highest BCUT2D eigenvalue weighted by atomic mass is 16.6. The summed E-state index contributed by atoms with van der Waals surface area (Å²) in [5, 5.41) is 10.8. The molecule has 0 fully saturated rings. The van der Waals surface area contributed by atoms with Crippen LogP contribution < -0.4 is 0 Å². The van der Waals surface area contributed by atoms with Gasteiger partial charge in [-0.2, -0.15) is 0 Å². The van der Waals surface area contributed by atoms with Crippen LogP contribution in [0.5, 0.6) is 0 Å². The maximum atomic E-state index is 11.9. The van der Waals surface area contributed by atoms with E-state index in [2.05, 4.69) is 9.98 Å². The summed E-state index contributed by atoms with van der Waals surface area (Å²) in [5.41, 5.74) is 1.87. The van der Waals surface area contributed by atoms with E-state index < -0.39 is 10.9 Å². The molecule has 1 aromatic heterocycles. The molecule has 23 heavy (non-hydrogen) atoms. The number of aromatic nitrogens is 1. The lowest BCUT2D eigenvalue weighted by atomic mass is 10.1. The third-order valence-corrected chi connectivity index (χ3v) is 3.25. The van der Waals surface area contributed by atoms with Gasteiger partial charge < -0.3 is 4.74 Å². The third kappa shape index (κ3) is 2.98. The number of hydrogen-bond acceptors (Lipinski definition) is 6. The van der Waals surface area contributed by atoms with E-state index in [0.717, 1.165) is 5.56 Å². The van der Waals surface area contributed by atoms with Crippen LogP contribution in [0.25, 0.3) is 6.08 Å². The lowest BCUT2D eigenvalue weighted by Gasteiger charge is -2.01. The van der Waals surface area contributed by atoms with E-state index in [-0.39, 0.29) is 17.3 Å². The highest BCUT2D eigenvalue weighted by Gasteiger charge is 2.25. The minimum absolute atomic E-state index is 0.00444. The molecule has 114 valence electrons. The van der Waals surface area contributed by atoms with Crippen LogP contribution in [-0.4, -0.2) is 21.8 Å². The van der Waals surface area contributed by atoms with Gasteiger partial charge in [0.1, 0.15) is 0 Å². The van der Waals surface area contributed by atoms with Gasteiger partial charge in [0.2, 0.25) is 5.90 Å². The molecular formula is C16H11N3O4. The normalized spacial score (nSPS) is 15.4. The zero-order chi connectivity index (χ0) is 16.4. The van der Waals surface area contributed by atoms with Gasteiger partial charge in [-0.05, 0) is 36.8 Å². The Morgan fingerprint density at radius 1 is 1.30 bits per heavy atom. The molecule has 0 atom stereocenters. The van der Waals surface area contributed by atoms with E-state index in [0.29, 0.717) is 11.1 Å². The molecule has 0 saturated heterocycles. The lowest BCUT2D eigenvalue weighted by molar-refractivity contribution is -0.385. The molecular weight excluding hydrogens is 298 g/mol. The van der Waals surface area contributed by atoms with Crippen molar-refractivity contribution in [3.05, 3.63) is 75.2 Å². The van der Waals surface area contributed by atoms with Crippen LogP contribution in [0.1, 0.15) is 16.7 Å². The van der Waals surface area contributed by atoms with E-state index in [1.54, 1.807) is 43.6 Å². The fourth-order valence-corrected chi connectivity index (χ4v) is 2.15. The zero-order valence-electron chi connectivity index (χ0n) is 12.1. The first-order chi connectivity index (χ1) is 11.0. The fourth-order valence-electron chi connectivity index (χ4n) is 2.15. The van der Waals surface area contributed by atoms with Crippen LogP contribution in [0.15, 0.2) is 53.4 Å². The molecule has 0 radical (unpaired) electrons. The Kier molecular flexibility index (Phi) is 3.68. The van der Waals surface area contributed by atoms with E-state index in [1.807, 2.05) is 0 Å². The summed E-state index contributed by atoms with van der Waals surface area (Å²) in [6.07, 6.45) is 4.80. The second kappa shape index (κ2) is 5.80. The van der Waals surface area contributed by atoms with Crippen molar-refractivity contribution >= 4 is 23.6 Å². The summed E-state index contributed by atoms with van der Waals surface area (Å²) < 4.78 is 5.14. The van der Waals surface area contributed by atoms with Gasteiger partial charge in [-0.3, -0.25) is 15.1 Å². The molecule has 2 heterocycles. The molecule has 0 spiro atoms. The molecule has 1 aliphatic heterocycles. The number of nitrogens with zero attached hydrogens (tertiary/aromatic N) is 3. The molecule has 7 nitrogen and oxygen atoms in total. The second-order valence-corrected chi connectivity index (χ2v) is 4.88. The average Bonchev–Trinajstić information content (AvgIpc) is 2.89. The first-order valence-electron chi connectivity index (χ1n) is 6.72. The zero-order valence-corrected chi connectivity index (χ0v) is 12.1. The number of nitro benzene ring substituents is 1. The van der Waals surface area contributed by atoms with Crippen LogP contribution in [0.4, 0.5) is 5.69 Å². The first kappa shape index (κ1) is 14.6. The molecule has 7 heteroatoms. The Balaban J connectivity index is 1.94. The Morgan fingerprint density at radius 3 is 2.78 bits per heavy atom. The fraction of sp³-hybridized carbons (Fsp3) is 0.0625. The molecule has 2 aromatic rings. The van der Waals surface area contributed by atoms with Crippen molar-refractivity contribution in [1.29, 1.82) is 0 Å². The van der Waals surface area contributed by atoms with E-state index in [4.69, 9.17) is 4.74 Å². The van der Waals surface area contributed by atoms with Crippen LogP contribution >= 0.6 is 0 Å². The molecule has 1 aliphatic rings. The number of hydrogen-bond donors (Lipinski definition) is 0. The average molecular weight is 309 g/mol. The summed E-state index contributed by atoms with van der Waals surface area (Å²) in [6.45, 7) is 1.62. The monoisotopic (exact) mass is 309 g/mol. The number of rotatable bonds is 3. The Hall–Kier alpha value is -3.35. The largest absolute Gasteiger partial charge is 0.402 e. The van der Waals surface area contributed by atoms with Crippen LogP contribution in [0, 0.1) is 17.0 Å². The number of esters is 1. The molecule has 0 amide bonds. The van der Waals surface area contributed by atoms with Crippen molar-refractivity contribution in [2.24, 2.45) is 4.99 Å². The molecule has 0 bridgehead atoms. The molecule has 0 aliphatic carbocycles. The molecule has 3 rings (SSSR count). The van der Waals surface area contributed by atoms with Crippen molar-refractivity contribution in [2.75, 3.05) is 0 Å². The number of carbonyl (C=O) groups is 1. The van der Waals surface area contributed by atoms with E-state index >= 15 is 0 Å². The van der Waals surface area contributed by atoms with E-state index in [1.165, 1.54) is 12.1 Å². The van der Waals surface area contributed by atoms with Gasteiger partial charge in [0.25, 0.3) is 5.69 Å². The van der Waals surface area contributed by atoms with Crippen LogP contribution in [0.2, 0.25) is 0 Å². The van der Waals surface area contributed by atoms with Gasteiger partial charge in [0, 0.05) is 29.6 Å². The van der Waals surface area contributed by atoms with Crippen molar-refractivity contribution in [3.8, 4) is 0 Å². The Morgan fingerprint density at radius 2 is 2.13 bits per heavy atom. The summed E-state index contributed by atoms with van der Waals surface area (Å²) >= 11 is 0. The van der Waals surface area contributed by atoms with Crippen LogP contribution in [0.3, 0.4) is 0 Å². The maximum Gasteiger partial charge on any atom is 0.363 e. The minimum atomic E-state index is -0.570. The van der Waals surface area contributed by atoms with Crippen molar-refractivity contribution in [1.82, 2.24) is 4.98 Å². The Labute approximate surface area is 131 Å². The van der Waals surface area contributed by atoms with Crippen LogP contribution in [-0.2, 0) is 9.53 Å². The van der Waals surface area contributed by atoms with Gasteiger partial charge >= 0.3 is 5.97 Å². The van der Waals surface area contributed by atoms with Crippen molar-refractivity contribution in [3.63, 3.8) is 0 Å². The summed E-state index contributed by atoms with van der Waals surface area (Å²) in [7, 11) is 0.